The van der Waals surface area contributed by atoms with Crippen molar-refractivity contribution in [1.82, 2.24) is 4.98 Å². The molecule has 2 rings (SSSR count). The zero-order chi connectivity index (χ0) is 15.6. The summed E-state index contributed by atoms with van der Waals surface area (Å²) in [7, 11) is 0. The van der Waals surface area contributed by atoms with Crippen LogP contribution in [0.1, 0.15) is 22.4 Å². The summed E-state index contributed by atoms with van der Waals surface area (Å²) in [4.78, 5) is 4.20. The number of hydrogen-bond donors (Lipinski definition) is 1. The molecule has 0 amide bonds. The Balaban J connectivity index is 2.16. The van der Waals surface area contributed by atoms with Crippen molar-refractivity contribution < 1.29 is 17.9 Å². The van der Waals surface area contributed by atoms with Crippen molar-refractivity contribution in [2.75, 3.05) is 5.73 Å². The third-order valence-corrected chi connectivity index (χ3v) is 3.21. The van der Waals surface area contributed by atoms with E-state index in [4.69, 9.17) is 10.5 Å². The first-order valence-electron chi connectivity index (χ1n) is 6.29. The van der Waals surface area contributed by atoms with Crippen molar-refractivity contribution in [2.45, 2.75) is 26.6 Å². The van der Waals surface area contributed by atoms with Gasteiger partial charge in [-0.15, -0.1) is 0 Å². The first-order valence-corrected chi connectivity index (χ1v) is 6.29. The van der Waals surface area contributed by atoms with E-state index in [9.17, 15) is 13.2 Å². The topological polar surface area (TPSA) is 48.1 Å². The molecule has 6 heteroatoms. The van der Waals surface area contributed by atoms with E-state index in [1.165, 1.54) is 12.1 Å². The Kier molecular flexibility index (Phi) is 4.06. The molecule has 0 unspecified atom stereocenters. The number of hydrogen-bond acceptors (Lipinski definition) is 3. The van der Waals surface area contributed by atoms with Gasteiger partial charge in [0.15, 0.2) is 0 Å². The van der Waals surface area contributed by atoms with Gasteiger partial charge in [0.2, 0.25) is 0 Å². The number of nitrogen functional groups attached to an aromatic ring is 1. The Morgan fingerprint density at radius 3 is 2.62 bits per heavy atom. The SMILES string of the molecule is Cc1cnc(COc2cccc(C(F)(F)F)c2)c(C)c1N. The minimum atomic E-state index is -4.39. The van der Waals surface area contributed by atoms with Gasteiger partial charge in [-0.1, -0.05) is 6.07 Å². The van der Waals surface area contributed by atoms with Gasteiger partial charge in [0, 0.05) is 11.9 Å². The molecule has 0 radical (unpaired) electrons. The summed E-state index contributed by atoms with van der Waals surface area (Å²) in [6.07, 6.45) is -2.77. The number of halogens is 3. The molecule has 0 spiro atoms. The molecule has 0 aliphatic heterocycles. The molecule has 1 aromatic carbocycles. The lowest BCUT2D eigenvalue weighted by Gasteiger charge is -2.12. The van der Waals surface area contributed by atoms with Crippen LogP contribution in [0.2, 0.25) is 0 Å². The quantitative estimate of drug-likeness (QED) is 0.935. The van der Waals surface area contributed by atoms with Gasteiger partial charge in [-0.3, -0.25) is 4.98 Å². The molecular formula is C15H15F3N2O. The van der Waals surface area contributed by atoms with Crippen molar-refractivity contribution in [3.8, 4) is 5.75 Å². The van der Waals surface area contributed by atoms with Gasteiger partial charge in [-0.2, -0.15) is 13.2 Å². The number of aryl methyl sites for hydroxylation is 1. The minimum absolute atomic E-state index is 0.0671. The fourth-order valence-corrected chi connectivity index (χ4v) is 1.85. The summed E-state index contributed by atoms with van der Waals surface area (Å²) in [6, 6.07) is 4.75. The molecule has 1 heterocycles. The zero-order valence-electron chi connectivity index (χ0n) is 11.7. The summed E-state index contributed by atoms with van der Waals surface area (Å²) in [6.45, 7) is 3.71. The summed E-state index contributed by atoms with van der Waals surface area (Å²) >= 11 is 0. The molecule has 3 nitrogen and oxygen atoms in total. The van der Waals surface area contributed by atoms with Gasteiger partial charge in [0.25, 0.3) is 0 Å². The normalized spacial score (nSPS) is 11.5. The van der Waals surface area contributed by atoms with E-state index >= 15 is 0 Å². The molecule has 2 aromatic rings. The Morgan fingerprint density at radius 1 is 1.24 bits per heavy atom. The average Bonchev–Trinajstić information content (AvgIpc) is 2.43. The number of anilines is 1. The molecule has 0 saturated heterocycles. The van der Waals surface area contributed by atoms with Crippen LogP contribution in [0.4, 0.5) is 18.9 Å². The second-order valence-electron chi connectivity index (χ2n) is 4.74. The second-order valence-corrected chi connectivity index (χ2v) is 4.74. The molecule has 1 aromatic heterocycles. The summed E-state index contributed by atoms with van der Waals surface area (Å²) in [5.74, 6) is 0.144. The first kappa shape index (κ1) is 15.2. The van der Waals surface area contributed by atoms with E-state index < -0.39 is 11.7 Å². The van der Waals surface area contributed by atoms with E-state index in [-0.39, 0.29) is 12.4 Å². The maximum absolute atomic E-state index is 12.6. The third kappa shape index (κ3) is 3.45. The molecule has 0 fully saturated rings. The van der Waals surface area contributed by atoms with E-state index in [2.05, 4.69) is 4.98 Å². The van der Waals surface area contributed by atoms with E-state index in [0.717, 1.165) is 23.3 Å². The van der Waals surface area contributed by atoms with Crippen LogP contribution in [-0.4, -0.2) is 4.98 Å². The van der Waals surface area contributed by atoms with Crippen LogP contribution in [0.5, 0.6) is 5.75 Å². The van der Waals surface area contributed by atoms with Gasteiger partial charge in [0.1, 0.15) is 12.4 Å². The molecule has 2 N–H and O–H groups in total. The Labute approximate surface area is 120 Å². The van der Waals surface area contributed by atoms with Crippen LogP contribution in [0.15, 0.2) is 30.5 Å². The fraction of sp³-hybridized carbons (Fsp3) is 0.267. The van der Waals surface area contributed by atoms with E-state index in [0.29, 0.717) is 11.4 Å². The highest BCUT2D eigenvalue weighted by Gasteiger charge is 2.30. The molecular weight excluding hydrogens is 281 g/mol. The maximum Gasteiger partial charge on any atom is 0.416 e. The summed E-state index contributed by atoms with van der Waals surface area (Å²) < 4.78 is 43.2. The number of pyridine rings is 1. The van der Waals surface area contributed by atoms with Crippen LogP contribution in [0, 0.1) is 13.8 Å². The number of nitrogens with zero attached hydrogens (tertiary/aromatic N) is 1. The minimum Gasteiger partial charge on any atom is -0.487 e. The maximum atomic E-state index is 12.6. The molecule has 0 bridgehead atoms. The van der Waals surface area contributed by atoms with Crippen molar-refractivity contribution in [3.63, 3.8) is 0 Å². The highest BCUT2D eigenvalue weighted by atomic mass is 19.4. The molecule has 0 aliphatic carbocycles. The lowest BCUT2D eigenvalue weighted by atomic mass is 10.1. The average molecular weight is 296 g/mol. The highest BCUT2D eigenvalue weighted by molar-refractivity contribution is 5.53. The molecule has 21 heavy (non-hydrogen) atoms. The number of benzene rings is 1. The second kappa shape index (κ2) is 5.63. The van der Waals surface area contributed by atoms with Crippen molar-refractivity contribution in [3.05, 3.63) is 52.8 Å². The largest absolute Gasteiger partial charge is 0.487 e. The van der Waals surface area contributed by atoms with E-state index in [1.807, 2.05) is 6.92 Å². The standard InChI is InChI=1S/C15H15F3N2O/c1-9-7-20-13(10(2)14(9)19)8-21-12-5-3-4-11(6-12)15(16,17)18/h3-7H,8H2,1-2H3,(H2,19,20). The number of nitrogens with two attached hydrogens (primary N) is 1. The van der Waals surface area contributed by atoms with Crippen LogP contribution < -0.4 is 10.5 Å². The Hall–Kier alpha value is -2.24. The van der Waals surface area contributed by atoms with Crippen LogP contribution >= 0.6 is 0 Å². The molecule has 112 valence electrons. The van der Waals surface area contributed by atoms with E-state index in [1.54, 1.807) is 13.1 Å². The predicted molar refractivity (Wildman–Crippen MR) is 73.9 cm³/mol. The molecule has 0 aliphatic rings. The fourth-order valence-electron chi connectivity index (χ4n) is 1.85. The molecule has 0 atom stereocenters. The third-order valence-electron chi connectivity index (χ3n) is 3.21. The van der Waals surface area contributed by atoms with Crippen LogP contribution in [-0.2, 0) is 12.8 Å². The summed E-state index contributed by atoms with van der Waals surface area (Å²) in [5.41, 5.74) is 8.01. The van der Waals surface area contributed by atoms with Gasteiger partial charge >= 0.3 is 6.18 Å². The van der Waals surface area contributed by atoms with Gasteiger partial charge in [-0.25, -0.2) is 0 Å². The van der Waals surface area contributed by atoms with Crippen LogP contribution in [0.25, 0.3) is 0 Å². The number of rotatable bonds is 3. The zero-order valence-corrected chi connectivity index (χ0v) is 11.7. The number of ether oxygens (including phenoxy) is 1. The summed E-state index contributed by atoms with van der Waals surface area (Å²) in [5, 5.41) is 0. The lowest BCUT2D eigenvalue weighted by Crippen LogP contribution is -2.07. The highest BCUT2D eigenvalue weighted by Crippen LogP contribution is 2.31. The lowest BCUT2D eigenvalue weighted by molar-refractivity contribution is -0.137. The number of aromatic nitrogens is 1. The number of alkyl halides is 3. The molecule has 0 saturated carbocycles. The van der Waals surface area contributed by atoms with Crippen molar-refractivity contribution in [1.29, 1.82) is 0 Å². The van der Waals surface area contributed by atoms with Crippen LogP contribution in [0.3, 0.4) is 0 Å². The monoisotopic (exact) mass is 296 g/mol. The Bertz CT molecular complexity index is 654. The smallest absolute Gasteiger partial charge is 0.416 e. The Morgan fingerprint density at radius 2 is 1.95 bits per heavy atom. The van der Waals surface area contributed by atoms with Gasteiger partial charge in [0.05, 0.1) is 11.3 Å². The van der Waals surface area contributed by atoms with Crippen molar-refractivity contribution in [2.24, 2.45) is 0 Å². The van der Waals surface area contributed by atoms with Gasteiger partial charge < -0.3 is 10.5 Å². The van der Waals surface area contributed by atoms with Gasteiger partial charge in [-0.05, 0) is 43.2 Å². The predicted octanol–water partition coefficient (Wildman–Crippen LogP) is 3.88. The first-order chi connectivity index (χ1) is 9.79. The van der Waals surface area contributed by atoms with Crippen molar-refractivity contribution >= 4 is 5.69 Å².